The normalized spacial score (nSPS) is 13.3. The molecule has 49 heavy (non-hydrogen) atoms. The van der Waals surface area contributed by atoms with Gasteiger partial charge < -0.3 is 0 Å². The molecule has 0 aliphatic heterocycles. The van der Waals surface area contributed by atoms with Gasteiger partial charge in [-0.1, -0.05) is 166 Å². The van der Waals surface area contributed by atoms with Gasteiger partial charge in [0.15, 0.2) is 0 Å². The largest absolute Gasteiger partial charge is 0.0619 e. The van der Waals surface area contributed by atoms with Gasteiger partial charge in [0, 0.05) is 5.41 Å². The van der Waals surface area contributed by atoms with E-state index in [1.807, 2.05) is 0 Å². The highest BCUT2D eigenvalue weighted by atomic mass is 14.4. The molecule has 0 saturated heterocycles. The van der Waals surface area contributed by atoms with Crippen molar-refractivity contribution >= 4 is 43.1 Å². The molecule has 0 fully saturated rings. The van der Waals surface area contributed by atoms with Crippen molar-refractivity contribution in [1.82, 2.24) is 0 Å². The molecule has 0 bridgehead atoms. The standard InChI is InChI=1S/C49H34/c1-49(2)45-21-10-9-17-38(45)39-26-25-36(30-46(39)49)47-41-18-7-8-19-42(41)48(40-20-11-15-32-13-5-6-16-37(32)40)43-27-24-35(29-44(43)47)34-23-22-31-12-3-4-14-33(31)28-34/h3-30H,1-2H3. The van der Waals surface area contributed by atoms with E-state index in [4.69, 9.17) is 0 Å². The van der Waals surface area contributed by atoms with Crippen LogP contribution in [0.25, 0.3) is 87.6 Å². The highest BCUT2D eigenvalue weighted by Crippen LogP contribution is 2.52. The molecule has 9 aromatic carbocycles. The fourth-order valence-electron chi connectivity index (χ4n) is 8.63. The zero-order valence-electron chi connectivity index (χ0n) is 27.7. The van der Waals surface area contributed by atoms with Gasteiger partial charge in [0.2, 0.25) is 0 Å². The van der Waals surface area contributed by atoms with Crippen LogP contribution >= 0.6 is 0 Å². The molecule has 10 rings (SSSR count). The molecule has 230 valence electrons. The van der Waals surface area contributed by atoms with Gasteiger partial charge in [0.1, 0.15) is 0 Å². The molecule has 1 aliphatic rings. The van der Waals surface area contributed by atoms with Crippen molar-refractivity contribution in [1.29, 1.82) is 0 Å². The lowest BCUT2D eigenvalue weighted by molar-refractivity contribution is 0.660. The summed E-state index contributed by atoms with van der Waals surface area (Å²) in [7, 11) is 0. The lowest BCUT2D eigenvalue weighted by Gasteiger charge is -2.23. The van der Waals surface area contributed by atoms with Gasteiger partial charge in [-0.3, -0.25) is 0 Å². The maximum Gasteiger partial charge on any atom is 0.0159 e. The van der Waals surface area contributed by atoms with Crippen LogP contribution in [0.4, 0.5) is 0 Å². The number of benzene rings is 9. The van der Waals surface area contributed by atoms with E-state index in [1.165, 1.54) is 98.7 Å². The Morgan fingerprint density at radius 2 is 0.878 bits per heavy atom. The Morgan fingerprint density at radius 1 is 0.306 bits per heavy atom. The number of hydrogen-bond donors (Lipinski definition) is 0. The predicted octanol–water partition coefficient (Wildman–Crippen LogP) is 13.6. The topological polar surface area (TPSA) is 0 Å². The number of hydrogen-bond acceptors (Lipinski definition) is 0. The van der Waals surface area contributed by atoms with Gasteiger partial charge in [-0.25, -0.2) is 0 Å². The van der Waals surface area contributed by atoms with E-state index < -0.39 is 0 Å². The first-order valence-electron chi connectivity index (χ1n) is 17.3. The third kappa shape index (κ3) is 4.17. The van der Waals surface area contributed by atoms with Gasteiger partial charge in [-0.2, -0.15) is 0 Å². The second-order valence-electron chi connectivity index (χ2n) is 14.1. The van der Waals surface area contributed by atoms with E-state index in [-0.39, 0.29) is 5.41 Å². The van der Waals surface area contributed by atoms with Gasteiger partial charge >= 0.3 is 0 Å². The van der Waals surface area contributed by atoms with Crippen LogP contribution in [0.2, 0.25) is 0 Å². The minimum atomic E-state index is -0.0767. The highest BCUT2D eigenvalue weighted by molar-refractivity contribution is 6.24. The third-order valence-corrected chi connectivity index (χ3v) is 11.0. The summed E-state index contributed by atoms with van der Waals surface area (Å²) in [5, 5.41) is 10.2. The molecule has 0 nitrogen and oxygen atoms in total. The average molecular weight is 623 g/mol. The van der Waals surface area contributed by atoms with E-state index in [1.54, 1.807) is 0 Å². The molecular weight excluding hydrogens is 589 g/mol. The van der Waals surface area contributed by atoms with Gasteiger partial charge in [0.05, 0.1) is 0 Å². The van der Waals surface area contributed by atoms with Crippen molar-refractivity contribution in [3.63, 3.8) is 0 Å². The van der Waals surface area contributed by atoms with Crippen molar-refractivity contribution in [3.8, 4) is 44.5 Å². The van der Waals surface area contributed by atoms with Crippen molar-refractivity contribution in [2.75, 3.05) is 0 Å². The van der Waals surface area contributed by atoms with Gasteiger partial charge in [0.25, 0.3) is 0 Å². The van der Waals surface area contributed by atoms with E-state index in [2.05, 4.69) is 184 Å². The summed E-state index contributed by atoms with van der Waals surface area (Å²) in [6, 6.07) is 63.3. The van der Waals surface area contributed by atoms with E-state index in [0.29, 0.717) is 0 Å². The van der Waals surface area contributed by atoms with Crippen molar-refractivity contribution in [2.45, 2.75) is 19.3 Å². The molecule has 0 aromatic heterocycles. The average Bonchev–Trinajstić information content (AvgIpc) is 3.38. The summed E-state index contributed by atoms with van der Waals surface area (Å²) in [6.07, 6.45) is 0. The monoisotopic (exact) mass is 622 g/mol. The minimum Gasteiger partial charge on any atom is -0.0619 e. The second-order valence-corrected chi connectivity index (χ2v) is 14.1. The summed E-state index contributed by atoms with van der Waals surface area (Å²) in [4.78, 5) is 0. The molecule has 0 radical (unpaired) electrons. The summed E-state index contributed by atoms with van der Waals surface area (Å²) in [5.41, 5.74) is 13.0. The highest BCUT2D eigenvalue weighted by Gasteiger charge is 2.35. The van der Waals surface area contributed by atoms with Crippen LogP contribution < -0.4 is 0 Å². The number of fused-ring (bicyclic) bond motifs is 7. The fourth-order valence-corrected chi connectivity index (χ4v) is 8.63. The van der Waals surface area contributed by atoms with Crippen molar-refractivity contribution in [2.24, 2.45) is 0 Å². The Kier molecular flexibility index (Phi) is 6.02. The summed E-state index contributed by atoms with van der Waals surface area (Å²) in [5.74, 6) is 0. The minimum absolute atomic E-state index is 0.0767. The molecule has 0 amide bonds. The van der Waals surface area contributed by atoms with Gasteiger partial charge in [-0.05, 0) is 117 Å². The third-order valence-electron chi connectivity index (χ3n) is 11.0. The summed E-state index contributed by atoms with van der Waals surface area (Å²) in [6.45, 7) is 4.75. The molecule has 0 spiro atoms. The van der Waals surface area contributed by atoms with E-state index in [0.717, 1.165) is 0 Å². The Bertz CT molecular complexity index is 2790. The first-order valence-corrected chi connectivity index (χ1v) is 17.3. The fraction of sp³-hybridized carbons (Fsp3) is 0.0612. The molecule has 1 aliphatic carbocycles. The summed E-state index contributed by atoms with van der Waals surface area (Å²) < 4.78 is 0. The zero-order valence-corrected chi connectivity index (χ0v) is 27.7. The summed E-state index contributed by atoms with van der Waals surface area (Å²) >= 11 is 0. The molecular formula is C49H34. The Hall–Kier alpha value is -5.98. The SMILES string of the molecule is CC1(C)c2ccccc2-c2ccc(-c3c4ccccc4c(-c4cccc5ccccc45)c4ccc(-c5ccc6ccccc6c5)cc34)cc21. The van der Waals surface area contributed by atoms with Crippen LogP contribution in [0.1, 0.15) is 25.0 Å². The Labute approximate surface area is 286 Å². The predicted molar refractivity (Wildman–Crippen MR) is 210 cm³/mol. The van der Waals surface area contributed by atoms with Crippen LogP contribution in [0.5, 0.6) is 0 Å². The number of rotatable bonds is 3. The maximum absolute atomic E-state index is 2.48. The maximum atomic E-state index is 2.48. The molecule has 0 N–H and O–H groups in total. The Balaban J connectivity index is 1.31. The molecule has 9 aromatic rings. The van der Waals surface area contributed by atoms with Gasteiger partial charge in [-0.15, -0.1) is 0 Å². The van der Waals surface area contributed by atoms with Crippen LogP contribution in [0.3, 0.4) is 0 Å². The van der Waals surface area contributed by atoms with Crippen LogP contribution in [0.15, 0.2) is 170 Å². The van der Waals surface area contributed by atoms with Crippen LogP contribution in [-0.4, -0.2) is 0 Å². The van der Waals surface area contributed by atoms with E-state index >= 15 is 0 Å². The molecule has 0 saturated carbocycles. The first-order chi connectivity index (χ1) is 24.1. The lowest BCUT2D eigenvalue weighted by Crippen LogP contribution is -2.14. The van der Waals surface area contributed by atoms with Crippen molar-refractivity contribution in [3.05, 3.63) is 181 Å². The zero-order chi connectivity index (χ0) is 32.7. The Morgan fingerprint density at radius 3 is 1.73 bits per heavy atom. The first kappa shape index (κ1) is 28.1. The lowest BCUT2D eigenvalue weighted by atomic mass is 9.80. The molecule has 0 unspecified atom stereocenters. The molecule has 0 heteroatoms. The van der Waals surface area contributed by atoms with Crippen molar-refractivity contribution < 1.29 is 0 Å². The quantitative estimate of drug-likeness (QED) is 0.172. The molecule has 0 heterocycles. The van der Waals surface area contributed by atoms with E-state index in [9.17, 15) is 0 Å². The second kappa shape index (κ2) is 10.5. The molecule has 0 atom stereocenters. The van der Waals surface area contributed by atoms with Crippen LogP contribution in [-0.2, 0) is 5.41 Å². The van der Waals surface area contributed by atoms with Crippen LogP contribution in [0, 0.1) is 0 Å². The smallest absolute Gasteiger partial charge is 0.0159 e.